The van der Waals surface area contributed by atoms with Gasteiger partial charge in [-0.2, -0.15) is 0 Å². The maximum absolute atomic E-state index is 11.3. The minimum Gasteiger partial charge on any atom is -0.299 e. The molecule has 0 aliphatic heterocycles. The molecule has 1 unspecified atom stereocenters. The highest BCUT2D eigenvalue weighted by Gasteiger charge is 2.59. The highest BCUT2D eigenvalue weighted by atomic mass is 35.5. The monoisotopic (exact) mass is 240 g/mol. The summed E-state index contributed by atoms with van der Waals surface area (Å²) >= 11 is 17.2. The number of carbonyl (C=O) groups is 1. The van der Waals surface area contributed by atoms with E-state index in [9.17, 15) is 4.79 Å². The van der Waals surface area contributed by atoms with Gasteiger partial charge >= 0.3 is 0 Å². The van der Waals surface area contributed by atoms with Gasteiger partial charge in [0, 0.05) is 17.3 Å². The van der Waals surface area contributed by atoms with Gasteiger partial charge in [0.2, 0.25) is 0 Å². The molecule has 1 fully saturated rings. The number of ketones is 1. The second kappa shape index (κ2) is 3.15. The predicted molar refractivity (Wildman–Crippen MR) is 56.1 cm³/mol. The summed E-state index contributed by atoms with van der Waals surface area (Å²) in [5.41, 5.74) is -0.858. The molecule has 0 aromatic rings. The number of hydrogen-bond donors (Lipinski definition) is 0. The van der Waals surface area contributed by atoms with Crippen LogP contribution in [0.25, 0.3) is 0 Å². The topological polar surface area (TPSA) is 17.1 Å². The van der Waals surface area contributed by atoms with E-state index in [1.807, 2.05) is 20.8 Å². The van der Waals surface area contributed by atoms with E-state index in [1.54, 1.807) is 0 Å². The minimum atomic E-state index is -0.459. The molecule has 4 heteroatoms. The van der Waals surface area contributed by atoms with E-state index in [4.69, 9.17) is 34.8 Å². The van der Waals surface area contributed by atoms with Crippen LogP contribution in [0.2, 0.25) is 0 Å². The van der Waals surface area contributed by atoms with Crippen LogP contribution < -0.4 is 0 Å². The molecule has 0 aromatic carbocycles. The molecule has 1 rings (SSSR count). The van der Waals surface area contributed by atoms with E-state index < -0.39 is 10.8 Å². The maximum Gasteiger partial charge on any atom is 0.140 e. The van der Waals surface area contributed by atoms with Gasteiger partial charge in [0.15, 0.2) is 0 Å². The third kappa shape index (κ3) is 1.42. The van der Waals surface area contributed by atoms with Gasteiger partial charge in [-0.05, 0) is 0 Å². The molecule has 1 saturated carbocycles. The molecule has 0 N–H and O–H groups in total. The van der Waals surface area contributed by atoms with E-state index in [0.717, 1.165) is 0 Å². The fourth-order valence-electron chi connectivity index (χ4n) is 1.52. The summed E-state index contributed by atoms with van der Waals surface area (Å²) in [6.45, 7) is 5.62. The van der Waals surface area contributed by atoms with Crippen LogP contribution in [-0.4, -0.2) is 5.78 Å². The minimum absolute atomic E-state index is 0.0599. The first kappa shape index (κ1) is 11.4. The lowest BCUT2D eigenvalue weighted by molar-refractivity contribution is -0.148. The summed E-state index contributed by atoms with van der Waals surface area (Å²) in [6.07, 6.45) is 0.418. The summed E-state index contributed by atoms with van der Waals surface area (Å²) in [7, 11) is 0. The molecule has 1 aliphatic rings. The number of allylic oxidation sites excluding steroid dienone is 1. The molecule has 1 atom stereocenters. The van der Waals surface area contributed by atoms with Crippen molar-refractivity contribution in [1.29, 1.82) is 0 Å². The van der Waals surface area contributed by atoms with Gasteiger partial charge < -0.3 is 0 Å². The Morgan fingerprint density at radius 3 is 1.92 bits per heavy atom. The molecular formula is C9H11Cl3O. The molecular weight excluding hydrogens is 230 g/mol. The van der Waals surface area contributed by atoms with Crippen molar-refractivity contribution in [1.82, 2.24) is 0 Å². The Morgan fingerprint density at radius 2 is 1.69 bits per heavy atom. The predicted octanol–water partition coefficient (Wildman–Crippen LogP) is 3.88. The lowest BCUT2D eigenvalue weighted by atomic mass is 9.51. The normalized spacial score (nSPS) is 31.1. The Kier molecular flexibility index (Phi) is 2.75. The SMILES string of the molecule is CC1(C)C(=O)CC1(C)C(Cl)=C(Cl)Cl. The fourth-order valence-corrected chi connectivity index (χ4v) is 2.24. The zero-order chi connectivity index (χ0) is 10.4. The first-order chi connectivity index (χ1) is 5.73. The van der Waals surface area contributed by atoms with Crippen LogP contribution in [0.3, 0.4) is 0 Å². The highest BCUT2D eigenvalue weighted by molar-refractivity contribution is 6.59. The van der Waals surface area contributed by atoms with Gasteiger partial charge in [-0.15, -0.1) is 0 Å². The molecule has 0 amide bonds. The lowest BCUT2D eigenvalue weighted by Gasteiger charge is -2.52. The van der Waals surface area contributed by atoms with E-state index in [0.29, 0.717) is 11.5 Å². The molecule has 0 saturated heterocycles. The van der Waals surface area contributed by atoms with Gasteiger partial charge in [0.1, 0.15) is 10.3 Å². The number of rotatable bonds is 1. The maximum atomic E-state index is 11.3. The van der Waals surface area contributed by atoms with Crippen molar-refractivity contribution in [3.8, 4) is 0 Å². The van der Waals surface area contributed by atoms with Crippen LogP contribution in [0.5, 0.6) is 0 Å². The van der Waals surface area contributed by atoms with Crippen LogP contribution in [0.1, 0.15) is 27.2 Å². The molecule has 0 radical (unpaired) electrons. The number of hydrogen-bond acceptors (Lipinski definition) is 1. The Morgan fingerprint density at radius 1 is 1.23 bits per heavy atom. The summed E-state index contributed by atoms with van der Waals surface area (Å²) in [5.74, 6) is 0.197. The third-order valence-electron chi connectivity index (χ3n) is 3.24. The third-order valence-corrected chi connectivity index (χ3v) is 4.42. The Labute approximate surface area is 93.0 Å². The zero-order valence-corrected chi connectivity index (χ0v) is 10.0. The first-order valence-corrected chi connectivity index (χ1v) is 5.11. The van der Waals surface area contributed by atoms with Crippen molar-refractivity contribution in [3.05, 3.63) is 9.52 Å². The van der Waals surface area contributed by atoms with Crippen molar-refractivity contribution in [2.45, 2.75) is 27.2 Å². The Hall–Kier alpha value is 0.280. The summed E-state index contributed by atoms with van der Waals surface area (Å²) in [5, 5.41) is 0.389. The van der Waals surface area contributed by atoms with Crippen molar-refractivity contribution in [2.75, 3.05) is 0 Å². The molecule has 0 heterocycles. The zero-order valence-electron chi connectivity index (χ0n) is 7.75. The second-order valence-electron chi connectivity index (χ2n) is 4.13. The molecule has 0 spiro atoms. The average Bonchev–Trinajstić information content (AvgIpc) is 2.02. The number of carbonyl (C=O) groups excluding carboxylic acids is 1. The van der Waals surface area contributed by atoms with Crippen molar-refractivity contribution >= 4 is 40.6 Å². The fraction of sp³-hybridized carbons (Fsp3) is 0.667. The lowest BCUT2D eigenvalue weighted by Crippen LogP contribution is -2.54. The molecule has 74 valence electrons. The quantitative estimate of drug-likeness (QED) is 0.681. The highest BCUT2D eigenvalue weighted by Crippen LogP contribution is 2.59. The first-order valence-electron chi connectivity index (χ1n) is 3.98. The van der Waals surface area contributed by atoms with E-state index in [1.165, 1.54) is 0 Å². The summed E-state index contributed by atoms with van der Waals surface area (Å²) in [4.78, 5) is 11.3. The summed E-state index contributed by atoms with van der Waals surface area (Å²) in [6, 6.07) is 0. The van der Waals surface area contributed by atoms with Gasteiger partial charge in [-0.3, -0.25) is 4.79 Å². The van der Waals surface area contributed by atoms with Gasteiger partial charge in [0.25, 0.3) is 0 Å². The molecule has 1 aliphatic carbocycles. The molecule has 0 aromatic heterocycles. The van der Waals surface area contributed by atoms with Crippen LogP contribution in [0.15, 0.2) is 9.52 Å². The summed E-state index contributed by atoms with van der Waals surface area (Å²) < 4.78 is 0.0599. The second-order valence-corrected chi connectivity index (χ2v) is 5.46. The Balaban J connectivity index is 3.08. The van der Waals surface area contributed by atoms with E-state index in [2.05, 4.69) is 0 Å². The number of halogens is 3. The van der Waals surface area contributed by atoms with Crippen molar-refractivity contribution in [3.63, 3.8) is 0 Å². The van der Waals surface area contributed by atoms with Crippen LogP contribution in [0.4, 0.5) is 0 Å². The van der Waals surface area contributed by atoms with Crippen LogP contribution in [0, 0.1) is 10.8 Å². The smallest absolute Gasteiger partial charge is 0.140 e. The largest absolute Gasteiger partial charge is 0.299 e. The molecule has 13 heavy (non-hydrogen) atoms. The van der Waals surface area contributed by atoms with Crippen molar-refractivity contribution < 1.29 is 4.79 Å². The van der Waals surface area contributed by atoms with Crippen LogP contribution >= 0.6 is 34.8 Å². The molecule has 1 nitrogen and oxygen atoms in total. The Bertz CT molecular complexity index is 289. The van der Waals surface area contributed by atoms with E-state index in [-0.39, 0.29) is 10.3 Å². The van der Waals surface area contributed by atoms with Crippen LogP contribution in [-0.2, 0) is 4.79 Å². The standard InChI is InChI=1S/C9H11Cl3O/c1-8(2)5(13)4-9(8,3)6(10)7(11)12/h4H2,1-3H3. The van der Waals surface area contributed by atoms with E-state index >= 15 is 0 Å². The average molecular weight is 242 g/mol. The van der Waals surface area contributed by atoms with Gasteiger partial charge in [-0.25, -0.2) is 0 Å². The van der Waals surface area contributed by atoms with Crippen molar-refractivity contribution in [2.24, 2.45) is 10.8 Å². The molecule has 0 bridgehead atoms. The number of Topliss-reactive ketones (excluding diaryl/α,β-unsaturated/α-hetero) is 1. The van der Waals surface area contributed by atoms with Gasteiger partial charge in [0.05, 0.1) is 5.03 Å². The van der Waals surface area contributed by atoms with Gasteiger partial charge in [-0.1, -0.05) is 55.6 Å².